The van der Waals surface area contributed by atoms with Gasteiger partial charge in [0.25, 0.3) is 0 Å². The van der Waals surface area contributed by atoms with Gasteiger partial charge in [-0.3, -0.25) is 4.79 Å². The first-order valence-corrected chi connectivity index (χ1v) is 8.57. The molecule has 1 aliphatic heterocycles. The lowest BCUT2D eigenvalue weighted by Gasteiger charge is -2.16. The maximum atomic E-state index is 11.7. The summed E-state index contributed by atoms with van der Waals surface area (Å²) in [5.74, 6) is -0.942. The van der Waals surface area contributed by atoms with E-state index in [4.69, 9.17) is 18.9 Å². The highest BCUT2D eigenvalue weighted by Crippen LogP contribution is 2.14. The van der Waals surface area contributed by atoms with E-state index in [0.717, 1.165) is 18.5 Å². The SMILES string of the molecule is CCOC(=O)/C=C(\CCCC1OCCO1)NCC(C)C(=O)OCC. The van der Waals surface area contributed by atoms with E-state index in [1.165, 1.54) is 6.08 Å². The third-order valence-electron chi connectivity index (χ3n) is 3.48. The summed E-state index contributed by atoms with van der Waals surface area (Å²) in [5, 5.41) is 3.15. The zero-order valence-electron chi connectivity index (χ0n) is 14.8. The predicted molar refractivity (Wildman–Crippen MR) is 88.1 cm³/mol. The Labute approximate surface area is 143 Å². The van der Waals surface area contributed by atoms with Crippen LogP contribution >= 0.6 is 0 Å². The van der Waals surface area contributed by atoms with Crippen molar-refractivity contribution in [3.05, 3.63) is 11.8 Å². The van der Waals surface area contributed by atoms with Gasteiger partial charge in [0, 0.05) is 18.3 Å². The van der Waals surface area contributed by atoms with E-state index in [1.54, 1.807) is 20.8 Å². The van der Waals surface area contributed by atoms with E-state index in [1.807, 2.05) is 0 Å². The zero-order chi connectivity index (χ0) is 17.8. The second kappa shape index (κ2) is 11.9. The van der Waals surface area contributed by atoms with Crippen LogP contribution in [0.15, 0.2) is 11.8 Å². The van der Waals surface area contributed by atoms with Crippen LogP contribution in [0.5, 0.6) is 0 Å². The molecule has 0 aliphatic carbocycles. The van der Waals surface area contributed by atoms with Crippen LogP contribution in [0.1, 0.15) is 40.0 Å². The number of carbonyl (C=O) groups is 2. The molecule has 1 atom stereocenters. The molecule has 138 valence electrons. The Morgan fingerprint density at radius 1 is 1.21 bits per heavy atom. The summed E-state index contributed by atoms with van der Waals surface area (Å²) in [6.45, 7) is 7.67. The molecule has 1 unspecified atom stereocenters. The van der Waals surface area contributed by atoms with E-state index in [9.17, 15) is 9.59 Å². The van der Waals surface area contributed by atoms with E-state index >= 15 is 0 Å². The number of allylic oxidation sites excluding steroid dienone is 1. The third-order valence-corrected chi connectivity index (χ3v) is 3.48. The van der Waals surface area contributed by atoms with E-state index in [-0.39, 0.29) is 18.2 Å². The molecule has 1 aliphatic rings. The number of rotatable bonds is 11. The van der Waals surface area contributed by atoms with Gasteiger partial charge in [0.1, 0.15) is 0 Å². The van der Waals surface area contributed by atoms with E-state index in [2.05, 4.69) is 5.32 Å². The van der Waals surface area contributed by atoms with Gasteiger partial charge in [0.05, 0.1) is 32.3 Å². The molecule has 0 radical (unpaired) electrons. The van der Waals surface area contributed by atoms with Crippen LogP contribution in [0, 0.1) is 5.92 Å². The normalized spacial score (nSPS) is 16.7. The van der Waals surface area contributed by atoms with Crippen LogP contribution < -0.4 is 5.32 Å². The molecule has 0 aromatic carbocycles. The van der Waals surface area contributed by atoms with Gasteiger partial charge in [-0.15, -0.1) is 0 Å². The quantitative estimate of drug-likeness (QED) is 0.452. The average molecular weight is 343 g/mol. The molecule has 1 N–H and O–H groups in total. The van der Waals surface area contributed by atoms with Crippen molar-refractivity contribution < 1.29 is 28.5 Å². The largest absolute Gasteiger partial charge is 0.466 e. The van der Waals surface area contributed by atoms with Gasteiger partial charge in [-0.1, -0.05) is 6.92 Å². The minimum Gasteiger partial charge on any atom is -0.466 e. The molecule has 0 bridgehead atoms. The lowest BCUT2D eigenvalue weighted by atomic mass is 10.1. The summed E-state index contributed by atoms with van der Waals surface area (Å²) < 4.78 is 20.7. The highest BCUT2D eigenvalue weighted by Gasteiger charge is 2.17. The van der Waals surface area contributed by atoms with Gasteiger partial charge in [0.2, 0.25) is 0 Å². The van der Waals surface area contributed by atoms with Crippen molar-refractivity contribution >= 4 is 11.9 Å². The zero-order valence-corrected chi connectivity index (χ0v) is 14.8. The Kier molecular flexibility index (Phi) is 10.1. The number of hydrogen-bond donors (Lipinski definition) is 1. The predicted octanol–water partition coefficient (Wildman–Crippen LogP) is 1.77. The fraction of sp³-hybridized carbons (Fsp3) is 0.765. The molecular weight excluding hydrogens is 314 g/mol. The van der Waals surface area contributed by atoms with Crippen molar-refractivity contribution in [2.24, 2.45) is 5.92 Å². The van der Waals surface area contributed by atoms with Crippen LogP contribution in [-0.4, -0.2) is 51.2 Å². The first-order valence-electron chi connectivity index (χ1n) is 8.57. The molecule has 1 rings (SSSR count). The molecule has 0 aromatic heterocycles. The van der Waals surface area contributed by atoms with Gasteiger partial charge in [-0.2, -0.15) is 0 Å². The molecular formula is C17H29NO6. The molecule has 1 saturated heterocycles. The molecule has 0 saturated carbocycles. The third kappa shape index (κ3) is 8.31. The van der Waals surface area contributed by atoms with Gasteiger partial charge in [-0.05, 0) is 33.1 Å². The number of carbonyl (C=O) groups excluding carboxylic acids is 2. The molecule has 0 amide bonds. The van der Waals surface area contributed by atoms with Crippen molar-refractivity contribution in [3.8, 4) is 0 Å². The Hall–Kier alpha value is -1.60. The standard InChI is InChI=1S/C17H29NO6/c1-4-21-15(19)11-14(7-6-8-16-23-9-10-24-16)18-12-13(3)17(20)22-5-2/h11,13,16,18H,4-10,12H2,1-3H3/b14-11+. The average Bonchev–Trinajstić information content (AvgIpc) is 3.05. The number of ether oxygens (including phenoxy) is 4. The van der Waals surface area contributed by atoms with Crippen LogP contribution in [0.25, 0.3) is 0 Å². The highest BCUT2D eigenvalue weighted by atomic mass is 16.7. The van der Waals surface area contributed by atoms with Crippen LogP contribution in [0.3, 0.4) is 0 Å². The number of esters is 2. The van der Waals surface area contributed by atoms with Gasteiger partial charge < -0.3 is 24.3 Å². The molecule has 0 spiro atoms. The van der Waals surface area contributed by atoms with Gasteiger partial charge in [-0.25, -0.2) is 4.79 Å². The summed E-state index contributed by atoms with van der Waals surface area (Å²) in [4.78, 5) is 23.3. The van der Waals surface area contributed by atoms with Gasteiger partial charge >= 0.3 is 11.9 Å². The van der Waals surface area contributed by atoms with E-state index < -0.39 is 5.97 Å². The molecule has 24 heavy (non-hydrogen) atoms. The summed E-state index contributed by atoms with van der Waals surface area (Å²) in [6.07, 6.45) is 3.49. The monoisotopic (exact) mass is 343 g/mol. The van der Waals surface area contributed by atoms with Crippen LogP contribution in [0.4, 0.5) is 0 Å². The Morgan fingerprint density at radius 3 is 2.50 bits per heavy atom. The molecule has 7 nitrogen and oxygen atoms in total. The summed E-state index contributed by atoms with van der Waals surface area (Å²) >= 11 is 0. The summed E-state index contributed by atoms with van der Waals surface area (Å²) in [7, 11) is 0. The van der Waals surface area contributed by atoms with Crippen molar-refractivity contribution in [2.45, 2.75) is 46.3 Å². The lowest BCUT2D eigenvalue weighted by molar-refractivity contribution is -0.147. The molecule has 0 aromatic rings. The Morgan fingerprint density at radius 2 is 1.88 bits per heavy atom. The van der Waals surface area contributed by atoms with Crippen LogP contribution in [-0.2, 0) is 28.5 Å². The van der Waals surface area contributed by atoms with Crippen LogP contribution in [0.2, 0.25) is 0 Å². The second-order valence-electron chi connectivity index (χ2n) is 5.52. The van der Waals surface area contributed by atoms with Crippen molar-refractivity contribution in [3.63, 3.8) is 0 Å². The minimum atomic E-state index is -0.392. The fourth-order valence-electron chi connectivity index (χ4n) is 2.22. The fourth-order valence-corrected chi connectivity index (χ4v) is 2.22. The molecule has 1 fully saturated rings. The van der Waals surface area contributed by atoms with E-state index in [0.29, 0.717) is 39.4 Å². The molecule has 1 heterocycles. The first kappa shape index (κ1) is 20.4. The summed E-state index contributed by atoms with van der Waals surface area (Å²) in [5.41, 5.74) is 0.739. The maximum Gasteiger partial charge on any atom is 0.332 e. The maximum absolute atomic E-state index is 11.7. The van der Waals surface area contributed by atoms with Crippen molar-refractivity contribution in [2.75, 3.05) is 33.0 Å². The summed E-state index contributed by atoms with van der Waals surface area (Å²) in [6, 6.07) is 0. The second-order valence-corrected chi connectivity index (χ2v) is 5.52. The van der Waals surface area contributed by atoms with Gasteiger partial charge in [0.15, 0.2) is 6.29 Å². The smallest absolute Gasteiger partial charge is 0.332 e. The lowest BCUT2D eigenvalue weighted by Crippen LogP contribution is -2.28. The Balaban J connectivity index is 2.47. The minimum absolute atomic E-state index is 0.160. The number of hydrogen-bond acceptors (Lipinski definition) is 7. The number of nitrogens with one attached hydrogen (secondary N) is 1. The molecule has 7 heteroatoms. The van der Waals surface area contributed by atoms with Crippen molar-refractivity contribution in [1.82, 2.24) is 5.32 Å². The first-order chi connectivity index (χ1) is 11.6. The Bertz CT molecular complexity index is 417. The van der Waals surface area contributed by atoms with Crippen molar-refractivity contribution in [1.29, 1.82) is 0 Å². The topological polar surface area (TPSA) is 83.1 Å². The highest BCUT2D eigenvalue weighted by molar-refractivity contribution is 5.82.